The van der Waals surface area contributed by atoms with Gasteiger partial charge in [0.2, 0.25) is 17.6 Å². The van der Waals surface area contributed by atoms with Gasteiger partial charge in [0.15, 0.2) is 5.82 Å². The summed E-state index contributed by atoms with van der Waals surface area (Å²) in [5.41, 5.74) is 2.46. The van der Waals surface area contributed by atoms with E-state index in [4.69, 9.17) is 4.74 Å². The van der Waals surface area contributed by atoms with E-state index >= 15 is 8.78 Å². The van der Waals surface area contributed by atoms with E-state index in [-0.39, 0.29) is 36.8 Å². The third-order valence-electron chi connectivity index (χ3n) is 11.9. The van der Waals surface area contributed by atoms with Gasteiger partial charge in [-0.2, -0.15) is 12.7 Å². The van der Waals surface area contributed by atoms with Gasteiger partial charge in [0.05, 0.1) is 11.3 Å². The van der Waals surface area contributed by atoms with Gasteiger partial charge in [-0.25, -0.2) is 18.2 Å². The van der Waals surface area contributed by atoms with E-state index in [1.165, 1.54) is 6.20 Å². The van der Waals surface area contributed by atoms with Gasteiger partial charge in [0, 0.05) is 98.9 Å². The predicted molar refractivity (Wildman–Crippen MR) is 222 cm³/mol. The van der Waals surface area contributed by atoms with E-state index in [2.05, 4.69) is 25.1 Å². The van der Waals surface area contributed by atoms with Crippen molar-refractivity contribution in [1.29, 1.82) is 0 Å². The summed E-state index contributed by atoms with van der Waals surface area (Å²) in [5.74, 6) is -3.90. The maximum atomic E-state index is 15.7. The molecule has 2 atom stereocenters. The summed E-state index contributed by atoms with van der Waals surface area (Å²) in [6, 6.07) is 15.8. The molecule has 322 valence electrons. The lowest BCUT2D eigenvalue weighted by atomic mass is 10.00. The Kier molecular flexibility index (Phi) is 10.9. The number of pyridine rings is 1. The van der Waals surface area contributed by atoms with Gasteiger partial charge in [-0.3, -0.25) is 34.1 Å². The van der Waals surface area contributed by atoms with Crippen molar-refractivity contribution >= 4 is 56.1 Å². The number of piperidine rings is 1. The summed E-state index contributed by atoms with van der Waals surface area (Å²) in [4.78, 5) is 64.2. The number of ether oxygens (including phenoxy) is 1. The lowest BCUT2D eigenvalue weighted by molar-refractivity contribution is -0.136. The molecule has 3 amide bonds. The molecule has 4 aliphatic heterocycles. The molecule has 6 heterocycles. The van der Waals surface area contributed by atoms with Gasteiger partial charge in [0.25, 0.3) is 5.91 Å². The van der Waals surface area contributed by atoms with Crippen LogP contribution in [0, 0.1) is 11.6 Å². The van der Waals surface area contributed by atoms with Crippen LogP contribution in [0.1, 0.15) is 51.1 Å². The molecule has 3 N–H and O–H groups in total. The van der Waals surface area contributed by atoms with Crippen molar-refractivity contribution in [3.05, 3.63) is 107 Å². The number of carbonyl (C=O) groups is 4. The van der Waals surface area contributed by atoms with E-state index < -0.39 is 63.5 Å². The third kappa shape index (κ3) is 7.98. The second kappa shape index (κ2) is 16.5. The summed E-state index contributed by atoms with van der Waals surface area (Å²) >= 11 is 0. The second-order valence-electron chi connectivity index (χ2n) is 15.7. The smallest absolute Gasteiger partial charge is 0.301 e. The number of carbonyl (C=O) groups excluding carboxylic acids is 4. The second-order valence-corrected chi connectivity index (χ2v) is 17.4. The highest BCUT2D eigenvalue weighted by molar-refractivity contribution is 7.90. The third-order valence-corrected chi connectivity index (χ3v) is 13.4. The number of benzene rings is 3. The highest BCUT2D eigenvalue weighted by Crippen LogP contribution is 2.33. The van der Waals surface area contributed by atoms with Crippen LogP contribution >= 0.6 is 0 Å². The Hall–Kier alpha value is -6.31. The van der Waals surface area contributed by atoms with Crippen LogP contribution < -0.4 is 19.7 Å². The molecule has 3 fully saturated rings. The number of imide groups is 1. The zero-order valence-corrected chi connectivity index (χ0v) is 34.0. The molecule has 1 unspecified atom stereocenters. The van der Waals surface area contributed by atoms with Gasteiger partial charge >= 0.3 is 10.2 Å². The Morgan fingerprint density at radius 3 is 2.47 bits per heavy atom. The molecule has 2 aromatic heterocycles. The predicted octanol–water partition coefficient (Wildman–Crippen LogP) is 4.40. The minimum atomic E-state index is -4.36. The lowest BCUT2D eigenvalue weighted by Crippen LogP contribution is -2.52. The molecule has 0 saturated carbocycles. The Morgan fingerprint density at radius 1 is 0.935 bits per heavy atom. The molecule has 19 heteroatoms. The first kappa shape index (κ1) is 41.1. The zero-order valence-electron chi connectivity index (χ0n) is 33.2. The molecule has 0 spiro atoms. The fourth-order valence-electron chi connectivity index (χ4n) is 8.46. The fourth-order valence-corrected chi connectivity index (χ4v) is 9.72. The number of H-pyrrole nitrogens is 1. The van der Waals surface area contributed by atoms with Gasteiger partial charge in [-0.05, 0) is 72.5 Å². The average Bonchev–Trinajstić information content (AvgIpc) is 3.99. The minimum absolute atomic E-state index is 0.00412. The van der Waals surface area contributed by atoms with Crippen LogP contribution in [0.2, 0.25) is 0 Å². The summed E-state index contributed by atoms with van der Waals surface area (Å²) in [6.45, 7) is 4.17. The monoisotopic (exact) mass is 870 g/mol. The Balaban J connectivity index is 0.791. The number of nitrogens with zero attached hydrogens (tertiary/aromatic N) is 5. The molecular formula is C43H41F3N8O7S. The minimum Gasteiger partial charge on any atom is -0.492 e. The van der Waals surface area contributed by atoms with Crippen LogP contribution in [0.25, 0.3) is 22.2 Å². The Bertz CT molecular complexity index is 2730. The maximum absolute atomic E-state index is 15.7. The van der Waals surface area contributed by atoms with Gasteiger partial charge < -0.3 is 19.5 Å². The molecule has 62 heavy (non-hydrogen) atoms. The largest absolute Gasteiger partial charge is 0.492 e. The Labute approximate surface area is 354 Å². The van der Waals surface area contributed by atoms with Crippen LogP contribution in [0.3, 0.4) is 0 Å². The van der Waals surface area contributed by atoms with E-state index in [1.54, 1.807) is 17.2 Å². The number of hydrogen-bond donors (Lipinski definition) is 3. The molecule has 15 nitrogen and oxygen atoms in total. The molecular weight excluding hydrogens is 830 g/mol. The van der Waals surface area contributed by atoms with Crippen molar-refractivity contribution in [2.45, 2.75) is 38.0 Å². The average molecular weight is 871 g/mol. The number of rotatable bonds is 12. The van der Waals surface area contributed by atoms with E-state index in [9.17, 15) is 32.0 Å². The first-order valence-corrected chi connectivity index (χ1v) is 21.7. The molecule has 5 aromatic rings. The van der Waals surface area contributed by atoms with Crippen molar-refractivity contribution in [3.8, 4) is 16.9 Å². The number of amides is 3. The zero-order chi connectivity index (χ0) is 43.3. The molecule has 0 bridgehead atoms. The SMILES string of the molecule is O=C1CCC(N2Cc3cc(N4CCN(CCOc5ccc(-c6cnc7[nH]cc(C(=O)c8c(F)ccc(NS(=O)(=O)N9CC[C@@H](F)C9)c8F)c7c6)cc5)CC4)ccc3C2=O)C(=O)N1. The highest BCUT2D eigenvalue weighted by atomic mass is 32.2. The number of fused-ring (bicyclic) bond motifs is 2. The summed E-state index contributed by atoms with van der Waals surface area (Å²) in [5, 5.41) is 2.64. The number of hydrogen-bond acceptors (Lipinski definition) is 10. The molecule has 4 aliphatic rings. The van der Waals surface area contributed by atoms with Gasteiger partial charge in [-0.1, -0.05) is 12.1 Å². The number of alkyl halides is 1. The van der Waals surface area contributed by atoms with Crippen LogP contribution in [0.15, 0.2) is 73.1 Å². The van der Waals surface area contributed by atoms with E-state index in [0.29, 0.717) is 54.0 Å². The fraction of sp³-hybridized carbons (Fsp3) is 0.326. The number of aromatic amines is 1. The van der Waals surface area contributed by atoms with Crippen molar-refractivity contribution < 1.29 is 45.5 Å². The van der Waals surface area contributed by atoms with Crippen LogP contribution in [-0.2, 0) is 26.3 Å². The number of ketones is 1. The molecule has 9 rings (SSSR count). The maximum Gasteiger partial charge on any atom is 0.301 e. The molecule has 0 aliphatic carbocycles. The van der Waals surface area contributed by atoms with E-state index in [0.717, 1.165) is 59.4 Å². The van der Waals surface area contributed by atoms with Gasteiger partial charge in [0.1, 0.15) is 36.0 Å². The first-order chi connectivity index (χ1) is 29.8. The summed E-state index contributed by atoms with van der Waals surface area (Å²) in [6.07, 6.45) is 2.06. The highest BCUT2D eigenvalue weighted by Gasteiger charge is 2.39. The standard InChI is InChI=1S/C43H41F3N8O7S/c44-28-11-12-53(24-28)62(59,60)50-35-8-7-34(45)38(39(35)46)40(56)33-22-48-41-32(33)20-26(21-47-41)25-1-4-30(5-2-25)61-18-17-51-13-15-52(16-14-51)29-3-6-31-27(19-29)23-54(43(31)58)36-9-10-37(55)49-42(36)57/h1-8,19-22,28,36,50H,9-18,23-24H2,(H,47,48)(H,49,55,57)/t28-,36?/m1/s1. The number of halogens is 3. The molecule has 3 aromatic carbocycles. The summed E-state index contributed by atoms with van der Waals surface area (Å²) in [7, 11) is -4.36. The number of aromatic nitrogens is 2. The van der Waals surface area contributed by atoms with Crippen molar-refractivity contribution in [2.75, 3.05) is 62.0 Å². The first-order valence-electron chi connectivity index (χ1n) is 20.2. The molecule has 0 radical (unpaired) electrons. The Morgan fingerprint density at radius 2 is 1.73 bits per heavy atom. The van der Waals surface area contributed by atoms with Crippen LogP contribution in [-0.4, -0.2) is 121 Å². The molecule has 3 saturated heterocycles. The van der Waals surface area contributed by atoms with E-state index in [1.807, 2.05) is 47.2 Å². The number of nitrogens with one attached hydrogen (secondary N) is 3. The topological polar surface area (TPSA) is 177 Å². The van der Waals surface area contributed by atoms with Crippen molar-refractivity contribution in [3.63, 3.8) is 0 Å². The quantitative estimate of drug-likeness (QED) is 0.120. The number of piperazine rings is 1. The normalized spacial score (nSPS) is 19.9. The van der Waals surface area contributed by atoms with Crippen molar-refractivity contribution in [2.24, 2.45) is 0 Å². The van der Waals surface area contributed by atoms with Crippen molar-refractivity contribution in [1.82, 2.24) is 29.4 Å². The van der Waals surface area contributed by atoms with Crippen LogP contribution in [0.4, 0.5) is 24.5 Å². The van der Waals surface area contributed by atoms with Crippen LogP contribution in [0.5, 0.6) is 5.75 Å². The van der Waals surface area contributed by atoms with Gasteiger partial charge in [-0.15, -0.1) is 0 Å². The number of anilines is 2. The summed E-state index contributed by atoms with van der Waals surface area (Å²) < 4.78 is 78.9. The lowest BCUT2D eigenvalue weighted by Gasteiger charge is -2.36.